The highest BCUT2D eigenvalue weighted by Gasteiger charge is 2.02. The van der Waals surface area contributed by atoms with Crippen LogP contribution in [0, 0.1) is 13.8 Å². The quantitative estimate of drug-likeness (QED) is 0.697. The van der Waals surface area contributed by atoms with E-state index in [1.54, 1.807) is 6.07 Å². The highest BCUT2D eigenvalue weighted by atomic mass is 16.3. The fourth-order valence-electron chi connectivity index (χ4n) is 1.22. The van der Waals surface area contributed by atoms with Crippen molar-refractivity contribution in [1.82, 2.24) is 0 Å². The maximum absolute atomic E-state index is 9.49. The number of aromatic hydroxyl groups is 1. The Morgan fingerprint density at radius 1 is 1.25 bits per heavy atom. The first-order chi connectivity index (χ1) is 5.65. The molecule has 2 nitrogen and oxygen atoms in total. The van der Waals surface area contributed by atoms with E-state index in [9.17, 15) is 5.11 Å². The van der Waals surface area contributed by atoms with Crippen molar-refractivity contribution in [3.05, 3.63) is 28.8 Å². The molecule has 0 saturated heterocycles. The van der Waals surface area contributed by atoms with Crippen LogP contribution in [0.5, 0.6) is 5.75 Å². The van der Waals surface area contributed by atoms with Gasteiger partial charge in [0.2, 0.25) is 0 Å². The monoisotopic (exact) mass is 165 g/mol. The highest BCUT2D eigenvalue weighted by Crippen LogP contribution is 2.21. The average molecular weight is 165 g/mol. The zero-order valence-electron chi connectivity index (χ0n) is 7.59. The van der Waals surface area contributed by atoms with E-state index >= 15 is 0 Å². The van der Waals surface area contributed by atoms with Gasteiger partial charge >= 0.3 is 0 Å². The summed E-state index contributed by atoms with van der Waals surface area (Å²) in [6, 6.07) is 3.79. The van der Waals surface area contributed by atoms with E-state index in [0.29, 0.717) is 12.3 Å². The van der Waals surface area contributed by atoms with Crippen LogP contribution < -0.4 is 5.73 Å². The van der Waals surface area contributed by atoms with Gasteiger partial charge in [-0.25, -0.2) is 0 Å². The van der Waals surface area contributed by atoms with Crippen LogP contribution in [-0.4, -0.2) is 11.7 Å². The Kier molecular flexibility index (Phi) is 2.71. The molecule has 3 N–H and O–H groups in total. The van der Waals surface area contributed by atoms with E-state index < -0.39 is 0 Å². The zero-order chi connectivity index (χ0) is 9.14. The SMILES string of the molecule is Cc1cc(O)c(CCN)cc1C. The van der Waals surface area contributed by atoms with Gasteiger partial charge in [0.1, 0.15) is 5.75 Å². The molecule has 0 radical (unpaired) electrons. The summed E-state index contributed by atoms with van der Waals surface area (Å²) in [5.41, 5.74) is 8.68. The summed E-state index contributed by atoms with van der Waals surface area (Å²) < 4.78 is 0. The van der Waals surface area contributed by atoms with Gasteiger partial charge in [-0.2, -0.15) is 0 Å². The van der Waals surface area contributed by atoms with Gasteiger partial charge < -0.3 is 10.8 Å². The van der Waals surface area contributed by atoms with Crippen molar-refractivity contribution in [3.8, 4) is 5.75 Å². The lowest BCUT2D eigenvalue weighted by molar-refractivity contribution is 0.467. The second kappa shape index (κ2) is 3.59. The van der Waals surface area contributed by atoms with Gasteiger partial charge in [-0.05, 0) is 49.6 Å². The molecule has 0 unspecified atom stereocenters. The fraction of sp³-hybridized carbons (Fsp3) is 0.400. The maximum atomic E-state index is 9.49. The van der Waals surface area contributed by atoms with Crippen LogP contribution in [0.25, 0.3) is 0 Å². The molecule has 0 fully saturated rings. The number of phenolic OH excluding ortho intramolecular Hbond substituents is 1. The first kappa shape index (κ1) is 9.07. The summed E-state index contributed by atoms with van der Waals surface area (Å²) in [5.74, 6) is 0.364. The summed E-state index contributed by atoms with van der Waals surface area (Å²) in [6.45, 7) is 4.60. The van der Waals surface area contributed by atoms with Crippen molar-refractivity contribution in [2.24, 2.45) is 5.73 Å². The molecule has 1 aromatic rings. The van der Waals surface area contributed by atoms with Crippen molar-refractivity contribution in [3.63, 3.8) is 0 Å². The molecule has 0 aromatic heterocycles. The lowest BCUT2D eigenvalue weighted by Gasteiger charge is -2.06. The highest BCUT2D eigenvalue weighted by molar-refractivity contribution is 5.40. The topological polar surface area (TPSA) is 46.2 Å². The molecule has 0 aliphatic rings. The number of hydrogen-bond acceptors (Lipinski definition) is 2. The number of benzene rings is 1. The molecule has 0 aliphatic carbocycles. The van der Waals surface area contributed by atoms with Gasteiger partial charge in [-0.1, -0.05) is 6.07 Å². The Labute approximate surface area is 73.0 Å². The molecule has 0 bridgehead atoms. The number of hydrogen-bond donors (Lipinski definition) is 2. The summed E-state index contributed by atoms with van der Waals surface area (Å²) in [7, 11) is 0. The molecule has 0 heterocycles. The standard InChI is InChI=1S/C10H15NO/c1-7-5-9(3-4-11)10(12)6-8(7)2/h5-6,12H,3-4,11H2,1-2H3. The van der Waals surface area contributed by atoms with Gasteiger partial charge in [0, 0.05) is 0 Å². The summed E-state index contributed by atoms with van der Waals surface area (Å²) in [4.78, 5) is 0. The Morgan fingerprint density at radius 3 is 2.42 bits per heavy atom. The molecule has 0 spiro atoms. The van der Waals surface area contributed by atoms with Gasteiger partial charge in [0.15, 0.2) is 0 Å². The van der Waals surface area contributed by atoms with Crippen molar-refractivity contribution in [2.75, 3.05) is 6.54 Å². The van der Waals surface area contributed by atoms with Crippen LogP contribution >= 0.6 is 0 Å². The van der Waals surface area contributed by atoms with Gasteiger partial charge in [0.25, 0.3) is 0 Å². The Balaban J connectivity index is 3.05. The molecule has 12 heavy (non-hydrogen) atoms. The minimum absolute atomic E-state index is 0.364. The lowest BCUT2D eigenvalue weighted by Crippen LogP contribution is -2.03. The molecular weight excluding hydrogens is 150 g/mol. The third-order valence-corrected chi connectivity index (χ3v) is 2.11. The lowest BCUT2D eigenvalue weighted by atomic mass is 10.0. The molecule has 1 aromatic carbocycles. The predicted octanol–water partition coefficient (Wildman–Crippen LogP) is 1.51. The summed E-state index contributed by atoms with van der Waals surface area (Å²) in [6.07, 6.45) is 0.743. The second-order valence-electron chi connectivity index (χ2n) is 3.10. The molecule has 2 heteroatoms. The molecule has 0 atom stereocenters. The van der Waals surface area contributed by atoms with Crippen LogP contribution in [0.3, 0.4) is 0 Å². The summed E-state index contributed by atoms with van der Waals surface area (Å²) in [5, 5.41) is 9.49. The van der Waals surface area contributed by atoms with E-state index in [1.807, 2.05) is 19.9 Å². The van der Waals surface area contributed by atoms with E-state index in [4.69, 9.17) is 5.73 Å². The van der Waals surface area contributed by atoms with Gasteiger partial charge in [-0.3, -0.25) is 0 Å². The van der Waals surface area contributed by atoms with Gasteiger partial charge in [0.05, 0.1) is 0 Å². The smallest absolute Gasteiger partial charge is 0.119 e. The third kappa shape index (κ3) is 1.77. The molecule has 0 amide bonds. The van der Waals surface area contributed by atoms with Crippen LogP contribution in [-0.2, 0) is 6.42 Å². The van der Waals surface area contributed by atoms with Gasteiger partial charge in [-0.15, -0.1) is 0 Å². The molecule has 1 rings (SSSR count). The molecule has 0 aliphatic heterocycles. The van der Waals surface area contributed by atoms with E-state index in [0.717, 1.165) is 17.5 Å². The van der Waals surface area contributed by atoms with Crippen molar-refractivity contribution < 1.29 is 5.11 Å². The summed E-state index contributed by atoms with van der Waals surface area (Å²) >= 11 is 0. The Morgan fingerprint density at radius 2 is 1.83 bits per heavy atom. The fourth-order valence-corrected chi connectivity index (χ4v) is 1.22. The largest absolute Gasteiger partial charge is 0.508 e. The first-order valence-corrected chi connectivity index (χ1v) is 4.14. The first-order valence-electron chi connectivity index (χ1n) is 4.14. The minimum atomic E-state index is 0.364. The van der Waals surface area contributed by atoms with E-state index in [1.165, 1.54) is 5.56 Å². The Hall–Kier alpha value is -1.02. The van der Waals surface area contributed by atoms with Crippen LogP contribution in [0.15, 0.2) is 12.1 Å². The number of rotatable bonds is 2. The predicted molar refractivity (Wildman–Crippen MR) is 50.3 cm³/mol. The number of aryl methyl sites for hydroxylation is 2. The van der Waals surface area contributed by atoms with Crippen LogP contribution in [0.4, 0.5) is 0 Å². The van der Waals surface area contributed by atoms with Crippen molar-refractivity contribution in [2.45, 2.75) is 20.3 Å². The van der Waals surface area contributed by atoms with Crippen LogP contribution in [0.2, 0.25) is 0 Å². The number of phenols is 1. The molecule has 0 saturated carbocycles. The third-order valence-electron chi connectivity index (χ3n) is 2.11. The van der Waals surface area contributed by atoms with Crippen molar-refractivity contribution >= 4 is 0 Å². The number of nitrogens with two attached hydrogens (primary N) is 1. The van der Waals surface area contributed by atoms with E-state index in [-0.39, 0.29) is 0 Å². The Bertz CT molecular complexity index is 281. The normalized spacial score (nSPS) is 10.2. The van der Waals surface area contributed by atoms with Crippen molar-refractivity contribution in [1.29, 1.82) is 0 Å². The van der Waals surface area contributed by atoms with Crippen LogP contribution in [0.1, 0.15) is 16.7 Å². The minimum Gasteiger partial charge on any atom is -0.508 e. The average Bonchev–Trinajstić information content (AvgIpc) is 2.01. The molecule has 66 valence electrons. The molecular formula is C10H15NO. The zero-order valence-corrected chi connectivity index (χ0v) is 7.59. The maximum Gasteiger partial charge on any atom is 0.119 e. The second-order valence-corrected chi connectivity index (χ2v) is 3.10. The van der Waals surface area contributed by atoms with E-state index in [2.05, 4.69) is 0 Å².